The van der Waals surface area contributed by atoms with Crippen LogP contribution in [0.5, 0.6) is 0 Å². The van der Waals surface area contributed by atoms with Gasteiger partial charge in [-0.15, -0.1) is 10.2 Å². The summed E-state index contributed by atoms with van der Waals surface area (Å²) in [6.07, 6.45) is 12.7. The molecule has 1 aromatic rings. The van der Waals surface area contributed by atoms with Crippen LogP contribution in [0.4, 0.5) is 0 Å². The van der Waals surface area contributed by atoms with Crippen molar-refractivity contribution in [1.29, 1.82) is 0 Å². The molecule has 0 saturated carbocycles. The predicted molar refractivity (Wildman–Crippen MR) is 81.0 cm³/mol. The molecule has 0 amide bonds. The molecule has 6 heteroatoms. The Bertz CT molecular complexity index is 393. The van der Waals surface area contributed by atoms with Gasteiger partial charge in [0.2, 0.25) is 0 Å². The zero-order chi connectivity index (χ0) is 15.3. The number of nitrogens with zero attached hydrogens (tertiary/aromatic N) is 4. The Hall–Kier alpha value is -1.46. The minimum Gasteiger partial charge on any atom is -0.481 e. The molecular weight excluding hydrogens is 268 g/mol. The minimum absolute atomic E-state index is 0.155. The number of carboxylic acid groups (broad SMARTS) is 1. The second kappa shape index (κ2) is 11.2. The van der Waals surface area contributed by atoms with E-state index in [9.17, 15) is 4.79 Å². The molecule has 0 fully saturated rings. The summed E-state index contributed by atoms with van der Waals surface area (Å²) in [6.45, 7) is 2.97. The van der Waals surface area contributed by atoms with E-state index in [1.807, 2.05) is 0 Å². The Kier molecular flexibility index (Phi) is 9.40. The average molecular weight is 296 g/mol. The van der Waals surface area contributed by atoms with Gasteiger partial charge >= 0.3 is 5.97 Å². The number of aliphatic carboxylic acids is 1. The van der Waals surface area contributed by atoms with E-state index >= 15 is 0 Å². The lowest BCUT2D eigenvalue weighted by atomic mass is 10.1. The number of aromatic nitrogens is 4. The van der Waals surface area contributed by atoms with E-state index in [4.69, 9.17) is 5.11 Å². The molecule has 0 atom stereocenters. The van der Waals surface area contributed by atoms with Gasteiger partial charge in [0, 0.05) is 0 Å². The Morgan fingerprint density at radius 2 is 1.57 bits per heavy atom. The molecule has 0 bridgehead atoms. The van der Waals surface area contributed by atoms with E-state index in [-0.39, 0.29) is 12.2 Å². The predicted octanol–water partition coefficient (Wildman–Crippen LogP) is 3.22. The lowest BCUT2D eigenvalue weighted by Crippen LogP contribution is -2.05. The summed E-state index contributed by atoms with van der Waals surface area (Å²) in [5.74, 6) is -0.636. The maximum absolute atomic E-state index is 10.5. The van der Waals surface area contributed by atoms with E-state index in [0.29, 0.717) is 0 Å². The molecule has 1 heterocycles. The smallest absolute Gasteiger partial charge is 0.311 e. The largest absolute Gasteiger partial charge is 0.481 e. The molecule has 0 saturated heterocycles. The number of hydrogen-bond donors (Lipinski definition) is 1. The molecule has 0 radical (unpaired) electrons. The Morgan fingerprint density at radius 3 is 2.14 bits per heavy atom. The van der Waals surface area contributed by atoms with Crippen LogP contribution in [0.15, 0.2) is 0 Å². The number of hydrogen-bond acceptors (Lipinski definition) is 4. The quantitative estimate of drug-likeness (QED) is 0.565. The van der Waals surface area contributed by atoms with Crippen LogP contribution in [0.3, 0.4) is 0 Å². The summed E-state index contributed by atoms with van der Waals surface area (Å²) in [5.41, 5.74) is 0. The Balaban J connectivity index is 1.94. The van der Waals surface area contributed by atoms with E-state index < -0.39 is 5.97 Å². The third-order valence-electron chi connectivity index (χ3n) is 3.52. The average Bonchev–Trinajstić information content (AvgIpc) is 2.87. The van der Waals surface area contributed by atoms with Crippen molar-refractivity contribution in [1.82, 2.24) is 20.2 Å². The monoisotopic (exact) mass is 296 g/mol. The van der Waals surface area contributed by atoms with Gasteiger partial charge in [0.15, 0.2) is 5.82 Å². The second-order valence-corrected chi connectivity index (χ2v) is 5.55. The van der Waals surface area contributed by atoms with Gasteiger partial charge in [-0.05, 0) is 11.6 Å². The van der Waals surface area contributed by atoms with Crippen LogP contribution in [0.2, 0.25) is 0 Å². The van der Waals surface area contributed by atoms with Gasteiger partial charge in [0.1, 0.15) is 6.42 Å². The fourth-order valence-corrected chi connectivity index (χ4v) is 2.32. The first-order valence-electron chi connectivity index (χ1n) is 8.21. The lowest BCUT2D eigenvalue weighted by molar-refractivity contribution is -0.136. The van der Waals surface area contributed by atoms with Crippen LogP contribution in [0, 0.1) is 0 Å². The van der Waals surface area contributed by atoms with E-state index in [0.717, 1.165) is 13.0 Å². The first-order chi connectivity index (χ1) is 10.2. The molecule has 120 valence electrons. The van der Waals surface area contributed by atoms with Crippen molar-refractivity contribution in [3.8, 4) is 0 Å². The van der Waals surface area contributed by atoms with Gasteiger partial charge < -0.3 is 5.11 Å². The van der Waals surface area contributed by atoms with E-state index in [1.165, 1.54) is 62.6 Å². The first kappa shape index (κ1) is 17.6. The number of carboxylic acids is 1. The first-order valence-corrected chi connectivity index (χ1v) is 8.21. The molecule has 1 aromatic heterocycles. The second-order valence-electron chi connectivity index (χ2n) is 5.55. The molecule has 1 N–H and O–H groups in total. The van der Waals surface area contributed by atoms with Crippen LogP contribution < -0.4 is 0 Å². The molecule has 6 nitrogen and oxygen atoms in total. The van der Waals surface area contributed by atoms with Crippen molar-refractivity contribution in [3.63, 3.8) is 0 Å². The maximum atomic E-state index is 10.5. The van der Waals surface area contributed by atoms with Gasteiger partial charge in [-0.25, -0.2) is 0 Å². The van der Waals surface area contributed by atoms with E-state index in [1.54, 1.807) is 0 Å². The van der Waals surface area contributed by atoms with Crippen LogP contribution >= 0.6 is 0 Å². The summed E-state index contributed by atoms with van der Waals surface area (Å²) >= 11 is 0. The normalized spacial score (nSPS) is 10.9. The maximum Gasteiger partial charge on any atom is 0.311 e. The molecule has 0 spiro atoms. The highest BCUT2D eigenvalue weighted by Gasteiger charge is 2.06. The van der Waals surface area contributed by atoms with Crippen molar-refractivity contribution < 1.29 is 9.90 Å². The van der Waals surface area contributed by atoms with Gasteiger partial charge in [0.05, 0.1) is 6.54 Å². The minimum atomic E-state index is -0.923. The highest BCUT2D eigenvalue weighted by Crippen LogP contribution is 2.10. The summed E-state index contributed by atoms with van der Waals surface area (Å²) < 4.78 is 0. The summed E-state index contributed by atoms with van der Waals surface area (Å²) in [6, 6.07) is 0. The van der Waals surface area contributed by atoms with Crippen LogP contribution in [-0.4, -0.2) is 31.3 Å². The standard InChI is InChI=1S/C15H28N4O2/c1-2-3-4-5-6-7-8-9-10-11-12-19-17-14(16-18-19)13-15(20)21/h2-13H2,1H3,(H,20,21). The van der Waals surface area contributed by atoms with Gasteiger partial charge in [-0.3, -0.25) is 4.79 Å². The van der Waals surface area contributed by atoms with Crippen molar-refractivity contribution >= 4 is 5.97 Å². The third-order valence-corrected chi connectivity index (χ3v) is 3.52. The number of aryl methyl sites for hydroxylation is 1. The van der Waals surface area contributed by atoms with Crippen molar-refractivity contribution in [2.24, 2.45) is 0 Å². The SMILES string of the molecule is CCCCCCCCCCCCn1nnc(CC(=O)O)n1. The Labute approximate surface area is 126 Å². The van der Waals surface area contributed by atoms with Crippen molar-refractivity contribution in [2.75, 3.05) is 0 Å². The summed E-state index contributed by atoms with van der Waals surface area (Å²) in [5, 5.41) is 20.2. The molecule has 0 aliphatic rings. The van der Waals surface area contributed by atoms with Gasteiger partial charge in [-0.2, -0.15) is 4.80 Å². The molecule has 21 heavy (non-hydrogen) atoms. The van der Waals surface area contributed by atoms with Gasteiger partial charge in [0.25, 0.3) is 0 Å². The molecule has 0 aliphatic heterocycles. The van der Waals surface area contributed by atoms with Crippen molar-refractivity contribution in [2.45, 2.75) is 84.1 Å². The number of tetrazole rings is 1. The molecule has 0 aliphatic carbocycles. The third kappa shape index (κ3) is 9.15. The molecular formula is C15H28N4O2. The van der Waals surface area contributed by atoms with Gasteiger partial charge in [-0.1, -0.05) is 64.7 Å². The zero-order valence-corrected chi connectivity index (χ0v) is 13.1. The van der Waals surface area contributed by atoms with Crippen molar-refractivity contribution in [3.05, 3.63) is 5.82 Å². The van der Waals surface area contributed by atoms with Crippen LogP contribution in [0.1, 0.15) is 77.0 Å². The number of unbranched alkanes of at least 4 members (excludes halogenated alkanes) is 9. The number of carbonyl (C=O) groups is 1. The fourth-order valence-electron chi connectivity index (χ4n) is 2.32. The summed E-state index contributed by atoms with van der Waals surface area (Å²) in [7, 11) is 0. The molecule has 1 rings (SSSR count). The molecule has 0 unspecified atom stereocenters. The highest BCUT2D eigenvalue weighted by atomic mass is 16.4. The molecule has 0 aromatic carbocycles. The lowest BCUT2D eigenvalue weighted by Gasteiger charge is -2.02. The van der Waals surface area contributed by atoms with Crippen LogP contribution in [0.25, 0.3) is 0 Å². The van der Waals surface area contributed by atoms with Crippen LogP contribution in [-0.2, 0) is 17.8 Å². The fraction of sp³-hybridized carbons (Fsp3) is 0.867. The van der Waals surface area contributed by atoms with E-state index in [2.05, 4.69) is 22.3 Å². The topological polar surface area (TPSA) is 80.9 Å². The number of rotatable bonds is 13. The highest BCUT2D eigenvalue weighted by molar-refractivity contribution is 5.68. The zero-order valence-electron chi connectivity index (χ0n) is 13.1. The summed E-state index contributed by atoms with van der Waals surface area (Å²) in [4.78, 5) is 12.0. The Morgan fingerprint density at radius 1 is 1.00 bits per heavy atom.